The molecule has 3 rings (SSSR count). The van der Waals surface area contributed by atoms with Crippen molar-refractivity contribution in [3.63, 3.8) is 0 Å². The Hall–Kier alpha value is -1.61. The average Bonchev–Trinajstić information content (AvgIpc) is 2.92. The van der Waals surface area contributed by atoms with E-state index in [0.29, 0.717) is 10.0 Å². The highest BCUT2D eigenvalue weighted by atomic mass is 35.5. The Kier molecular flexibility index (Phi) is 4.82. The molecule has 0 fully saturated rings. The van der Waals surface area contributed by atoms with Crippen LogP contribution in [0.15, 0.2) is 18.2 Å². The Morgan fingerprint density at radius 2 is 2.21 bits per heavy atom. The highest BCUT2D eigenvalue weighted by Gasteiger charge is 2.21. The van der Waals surface area contributed by atoms with E-state index in [1.54, 1.807) is 0 Å². The molecule has 1 aliphatic heterocycles. The summed E-state index contributed by atoms with van der Waals surface area (Å²) in [6.07, 6.45) is 2.59. The van der Waals surface area contributed by atoms with Crippen LogP contribution in [-0.4, -0.2) is 22.2 Å². The third kappa shape index (κ3) is 3.89. The number of rotatable bonds is 4. The maximum atomic E-state index is 9.88. The molecule has 0 atom stereocenters. The van der Waals surface area contributed by atoms with Crippen LogP contribution in [0.5, 0.6) is 0 Å². The maximum Gasteiger partial charge on any atom is 0.188 e. The Bertz CT molecular complexity index is 789. The lowest BCUT2D eigenvalue weighted by Gasteiger charge is -2.29. The van der Waals surface area contributed by atoms with Gasteiger partial charge in [0.15, 0.2) is 10.3 Å². The van der Waals surface area contributed by atoms with Gasteiger partial charge in [-0.05, 0) is 49.8 Å². The molecule has 0 unspecified atom stereocenters. The molecule has 2 heterocycles. The topological polar surface area (TPSA) is 60.1 Å². The van der Waals surface area contributed by atoms with Gasteiger partial charge in [0.25, 0.3) is 0 Å². The predicted octanol–water partition coefficient (Wildman–Crippen LogP) is 3.93. The second-order valence-electron chi connectivity index (χ2n) is 6.82. The predicted molar refractivity (Wildman–Crippen MR) is 97.7 cm³/mol. The van der Waals surface area contributed by atoms with Crippen molar-refractivity contribution in [2.24, 2.45) is 0 Å². The van der Waals surface area contributed by atoms with Gasteiger partial charge in [0, 0.05) is 13.1 Å². The number of fused-ring (bicyclic) bond motifs is 1. The molecule has 1 aromatic carbocycles. The first-order chi connectivity index (χ1) is 11.4. The molecule has 1 N–H and O–H groups in total. The Morgan fingerprint density at radius 1 is 1.42 bits per heavy atom. The fraction of sp³-hybridized carbons (Fsp3) is 0.444. The van der Waals surface area contributed by atoms with Gasteiger partial charge in [-0.3, -0.25) is 0 Å². The summed E-state index contributed by atoms with van der Waals surface area (Å²) in [5.41, 5.74) is 3.30. The quantitative estimate of drug-likeness (QED) is 0.896. The molecular weight excluding hydrogens is 342 g/mol. The second kappa shape index (κ2) is 6.72. The van der Waals surface area contributed by atoms with Gasteiger partial charge < -0.3 is 10.0 Å². The fourth-order valence-electron chi connectivity index (χ4n) is 2.87. The molecule has 1 aliphatic rings. The van der Waals surface area contributed by atoms with Crippen molar-refractivity contribution in [3.05, 3.63) is 44.9 Å². The number of anilines is 1. The summed E-state index contributed by atoms with van der Waals surface area (Å²) >= 11 is 7.34. The Balaban J connectivity index is 1.73. The van der Waals surface area contributed by atoms with E-state index in [-0.39, 0.29) is 0 Å². The molecular formula is C18H20ClN3OS. The first-order valence-electron chi connectivity index (χ1n) is 8.00. The zero-order valence-electron chi connectivity index (χ0n) is 13.8. The molecule has 126 valence electrons. The summed E-state index contributed by atoms with van der Waals surface area (Å²) in [7, 11) is 0. The first kappa shape index (κ1) is 17.2. The first-order valence-corrected chi connectivity index (χ1v) is 9.19. The molecule has 1 aromatic heterocycles. The number of halogens is 1. The third-order valence-corrected chi connectivity index (χ3v) is 5.66. The van der Waals surface area contributed by atoms with Crippen molar-refractivity contribution in [1.29, 1.82) is 5.26 Å². The van der Waals surface area contributed by atoms with Crippen LogP contribution >= 0.6 is 22.9 Å². The largest absolute Gasteiger partial charge is 0.390 e. The molecule has 0 saturated carbocycles. The number of hydrogen-bond donors (Lipinski definition) is 1. The molecule has 0 amide bonds. The van der Waals surface area contributed by atoms with Crippen LogP contribution in [-0.2, 0) is 19.4 Å². The zero-order valence-corrected chi connectivity index (χ0v) is 15.4. The highest BCUT2D eigenvalue weighted by molar-refractivity contribution is 7.16. The summed E-state index contributed by atoms with van der Waals surface area (Å²) in [5.74, 6) is 0. The van der Waals surface area contributed by atoms with E-state index in [1.807, 2.05) is 13.8 Å². The molecule has 0 bridgehead atoms. The summed E-state index contributed by atoms with van der Waals surface area (Å²) in [6, 6.07) is 8.65. The average molecular weight is 362 g/mol. The second-order valence-corrected chi connectivity index (χ2v) is 8.15. The van der Waals surface area contributed by atoms with E-state index >= 15 is 0 Å². The van der Waals surface area contributed by atoms with Crippen molar-refractivity contribution in [3.8, 4) is 6.07 Å². The van der Waals surface area contributed by atoms with Gasteiger partial charge in [0.05, 0.1) is 5.60 Å². The van der Waals surface area contributed by atoms with E-state index in [4.69, 9.17) is 16.9 Å². The monoisotopic (exact) mass is 361 g/mol. The van der Waals surface area contributed by atoms with E-state index < -0.39 is 5.60 Å². The smallest absolute Gasteiger partial charge is 0.188 e. The number of nitriles is 1. The van der Waals surface area contributed by atoms with Crippen molar-refractivity contribution >= 4 is 28.1 Å². The Labute approximate surface area is 151 Å². The lowest BCUT2D eigenvalue weighted by molar-refractivity contribution is 0.0714. The SMILES string of the molecule is CC(C)(O)CCc1ccc2c(c1)CCN(c1nc(Cl)c(C#N)s1)C2. The van der Waals surface area contributed by atoms with Crippen molar-refractivity contribution in [2.45, 2.75) is 45.3 Å². The van der Waals surface area contributed by atoms with Crippen molar-refractivity contribution < 1.29 is 5.11 Å². The minimum Gasteiger partial charge on any atom is -0.390 e. The molecule has 0 radical (unpaired) electrons. The van der Waals surface area contributed by atoms with E-state index in [9.17, 15) is 5.11 Å². The van der Waals surface area contributed by atoms with Crippen LogP contribution in [0.3, 0.4) is 0 Å². The number of benzene rings is 1. The van der Waals surface area contributed by atoms with Crippen molar-refractivity contribution in [1.82, 2.24) is 4.98 Å². The number of aryl methyl sites for hydroxylation is 1. The van der Waals surface area contributed by atoms with Gasteiger partial charge in [-0.1, -0.05) is 41.1 Å². The van der Waals surface area contributed by atoms with Gasteiger partial charge in [-0.25, -0.2) is 4.98 Å². The van der Waals surface area contributed by atoms with Crippen LogP contribution in [0, 0.1) is 11.3 Å². The number of thiazole rings is 1. The number of aromatic nitrogens is 1. The van der Waals surface area contributed by atoms with E-state index in [2.05, 4.69) is 34.2 Å². The zero-order chi connectivity index (χ0) is 17.3. The Morgan fingerprint density at radius 3 is 2.88 bits per heavy atom. The van der Waals surface area contributed by atoms with Gasteiger partial charge in [0.1, 0.15) is 10.9 Å². The highest BCUT2D eigenvalue weighted by Crippen LogP contribution is 2.32. The third-order valence-electron chi connectivity index (χ3n) is 4.26. The number of nitrogens with zero attached hydrogens (tertiary/aromatic N) is 3. The van der Waals surface area contributed by atoms with Crippen LogP contribution in [0.1, 0.15) is 41.8 Å². The van der Waals surface area contributed by atoms with Gasteiger partial charge in [-0.2, -0.15) is 5.26 Å². The van der Waals surface area contributed by atoms with Crippen molar-refractivity contribution in [2.75, 3.05) is 11.4 Å². The summed E-state index contributed by atoms with van der Waals surface area (Å²) in [4.78, 5) is 6.96. The fourth-order valence-corrected chi connectivity index (χ4v) is 3.94. The van der Waals surface area contributed by atoms with Crippen LogP contribution < -0.4 is 4.90 Å². The lowest BCUT2D eigenvalue weighted by Crippen LogP contribution is -2.30. The van der Waals surface area contributed by atoms with Crippen LogP contribution in [0.2, 0.25) is 5.15 Å². The van der Waals surface area contributed by atoms with Crippen LogP contribution in [0.25, 0.3) is 0 Å². The summed E-state index contributed by atoms with van der Waals surface area (Å²) in [6.45, 7) is 5.35. The molecule has 0 aliphatic carbocycles. The minimum absolute atomic E-state index is 0.297. The number of hydrogen-bond acceptors (Lipinski definition) is 5. The molecule has 6 heteroatoms. The maximum absolute atomic E-state index is 9.88. The molecule has 0 spiro atoms. The van der Waals surface area contributed by atoms with Gasteiger partial charge in [-0.15, -0.1) is 0 Å². The molecule has 2 aromatic rings. The standard InChI is InChI=1S/C18H20ClN3OS/c1-18(2,23)7-5-12-3-4-14-11-22(8-6-13(14)9-12)17-21-16(19)15(10-20)24-17/h3-4,9,23H,5-8,11H2,1-2H3. The summed E-state index contributed by atoms with van der Waals surface area (Å²) < 4.78 is 0. The number of aliphatic hydroxyl groups is 1. The summed E-state index contributed by atoms with van der Waals surface area (Å²) in [5, 5.41) is 20.0. The van der Waals surface area contributed by atoms with Gasteiger partial charge >= 0.3 is 0 Å². The van der Waals surface area contributed by atoms with Gasteiger partial charge in [0.2, 0.25) is 0 Å². The minimum atomic E-state index is -0.630. The molecule has 24 heavy (non-hydrogen) atoms. The molecule has 0 saturated heterocycles. The normalized spacial score (nSPS) is 14.4. The van der Waals surface area contributed by atoms with Crippen LogP contribution in [0.4, 0.5) is 5.13 Å². The molecule has 4 nitrogen and oxygen atoms in total. The lowest BCUT2D eigenvalue weighted by atomic mass is 9.93. The van der Waals surface area contributed by atoms with E-state index in [0.717, 1.165) is 37.5 Å². The van der Waals surface area contributed by atoms with E-state index in [1.165, 1.54) is 28.0 Å².